The van der Waals surface area contributed by atoms with Crippen molar-refractivity contribution < 1.29 is 4.39 Å². The zero-order chi connectivity index (χ0) is 11.0. The summed E-state index contributed by atoms with van der Waals surface area (Å²) in [6.07, 6.45) is 5.85. The summed E-state index contributed by atoms with van der Waals surface area (Å²) in [6.45, 7) is 6.49. The molecule has 0 aromatic rings. The van der Waals surface area contributed by atoms with E-state index in [0.717, 1.165) is 19.3 Å². The molecule has 0 heterocycles. The molecule has 0 bridgehead atoms. The Labute approximate surface area is 91.2 Å². The highest BCUT2D eigenvalue weighted by atomic mass is 31.0. The lowest BCUT2D eigenvalue weighted by Crippen LogP contribution is -2.17. The number of hydrogen-bond donors (Lipinski definition) is 0. The quantitative estimate of drug-likeness (QED) is 0.415. The molecule has 3 unspecified atom stereocenters. The summed E-state index contributed by atoms with van der Waals surface area (Å²) in [5.41, 5.74) is 0.164. The summed E-state index contributed by atoms with van der Waals surface area (Å²) < 4.78 is 13.6. The average molecular weight is 220 g/mol. The van der Waals surface area contributed by atoms with E-state index in [1.807, 2.05) is 0 Å². The molecule has 0 aliphatic heterocycles. The maximum atomic E-state index is 13.6. The Bertz CT molecular complexity index is 125. The van der Waals surface area contributed by atoms with E-state index in [2.05, 4.69) is 30.0 Å². The summed E-state index contributed by atoms with van der Waals surface area (Å²) in [7, 11) is 2.66. The van der Waals surface area contributed by atoms with Crippen LogP contribution in [0.2, 0.25) is 0 Å². The van der Waals surface area contributed by atoms with Crippen LogP contribution in [0.5, 0.6) is 0 Å². The molecule has 0 aromatic heterocycles. The Morgan fingerprint density at radius 2 is 1.79 bits per heavy atom. The molecule has 14 heavy (non-hydrogen) atoms. The smallest absolute Gasteiger partial charge is 0.106 e. The van der Waals surface area contributed by atoms with E-state index in [-0.39, 0.29) is 5.66 Å². The molecule has 86 valence electrons. The highest BCUT2D eigenvalue weighted by Crippen LogP contribution is 2.22. The van der Waals surface area contributed by atoms with Crippen molar-refractivity contribution in [2.45, 2.75) is 71.1 Å². The summed E-state index contributed by atoms with van der Waals surface area (Å²) in [6, 6.07) is 0. The highest BCUT2D eigenvalue weighted by Gasteiger charge is 2.16. The molecule has 0 fully saturated rings. The van der Waals surface area contributed by atoms with Crippen LogP contribution in [0.3, 0.4) is 0 Å². The van der Waals surface area contributed by atoms with Gasteiger partial charge in [-0.15, -0.1) is 9.24 Å². The van der Waals surface area contributed by atoms with Crippen molar-refractivity contribution >= 4 is 9.24 Å². The molecule has 2 heteroatoms. The van der Waals surface area contributed by atoms with Gasteiger partial charge in [0, 0.05) is 5.66 Å². The Morgan fingerprint density at radius 3 is 2.29 bits per heavy atom. The number of unbranched alkanes of at least 4 members (excludes halogenated alkanes) is 3. The molecule has 0 spiro atoms. The first kappa shape index (κ1) is 14.4. The minimum absolute atomic E-state index is 0.164. The van der Waals surface area contributed by atoms with Gasteiger partial charge in [0.2, 0.25) is 0 Å². The van der Waals surface area contributed by atoms with E-state index in [1.54, 1.807) is 0 Å². The molecule has 0 amide bonds. The van der Waals surface area contributed by atoms with E-state index in [1.165, 1.54) is 19.3 Å². The first-order chi connectivity index (χ1) is 6.57. The average Bonchev–Trinajstić information content (AvgIpc) is 2.11. The second kappa shape index (κ2) is 8.65. The van der Waals surface area contributed by atoms with Crippen molar-refractivity contribution in [2.75, 3.05) is 0 Å². The lowest BCUT2D eigenvalue weighted by Gasteiger charge is -2.18. The van der Waals surface area contributed by atoms with Crippen LogP contribution >= 0.6 is 9.24 Å². The van der Waals surface area contributed by atoms with E-state index in [0.29, 0.717) is 5.92 Å². The van der Waals surface area contributed by atoms with Gasteiger partial charge in [0.15, 0.2) is 0 Å². The normalized spacial score (nSPS) is 15.9. The minimum Gasteiger partial charge on any atom is -0.247 e. The van der Waals surface area contributed by atoms with Crippen LogP contribution in [0.1, 0.15) is 59.3 Å². The lowest BCUT2D eigenvalue weighted by molar-refractivity contribution is 0.279. The number of halogens is 1. The summed E-state index contributed by atoms with van der Waals surface area (Å²) in [5, 5.41) is 0. The number of hydrogen-bond acceptors (Lipinski definition) is 0. The van der Waals surface area contributed by atoms with Crippen molar-refractivity contribution in [3.8, 4) is 0 Å². The fourth-order valence-corrected chi connectivity index (χ4v) is 2.41. The van der Waals surface area contributed by atoms with E-state index < -0.39 is 6.17 Å². The third-order valence-electron chi connectivity index (χ3n) is 2.54. The first-order valence-corrected chi connectivity index (χ1v) is 6.64. The highest BCUT2D eigenvalue weighted by molar-refractivity contribution is 7.17. The molecule has 0 radical (unpaired) electrons. The molecule has 0 aliphatic rings. The van der Waals surface area contributed by atoms with Gasteiger partial charge in [0.25, 0.3) is 0 Å². The summed E-state index contributed by atoms with van der Waals surface area (Å²) in [5.74, 6) is 0.603. The number of alkyl halides is 1. The molecule has 0 aromatic carbocycles. The van der Waals surface area contributed by atoms with Crippen LogP contribution in [0, 0.1) is 5.92 Å². The molecule has 3 atom stereocenters. The van der Waals surface area contributed by atoms with Crippen LogP contribution in [0.4, 0.5) is 4.39 Å². The van der Waals surface area contributed by atoms with Crippen molar-refractivity contribution in [3.05, 3.63) is 0 Å². The van der Waals surface area contributed by atoms with Crippen LogP contribution in [0.15, 0.2) is 0 Å². The lowest BCUT2D eigenvalue weighted by atomic mass is 10.0. The second-order valence-electron chi connectivity index (χ2n) is 4.66. The fraction of sp³-hybridized carbons (Fsp3) is 1.00. The molecule has 0 rings (SSSR count). The second-order valence-corrected chi connectivity index (χ2v) is 5.52. The minimum atomic E-state index is -0.612. The van der Waals surface area contributed by atoms with Crippen molar-refractivity contribution in [1.29, 1.82) is 0 Å². The van der Waals surface area contributed by atoms with Gasteiger partial charge in [-0.3, -0.25) is 0 Å². The Balaban J connectivity index is 3.46. The van der Waals surface area contributed by atoms with Gasteiger partial charge in [-0.05, 0) is 18.8 Å². The third kappa shape index (κ3) is 7.74. The molecule has 0 N–H and O–H groups in total. The topological polar surface area (TPSA) is 0 Å². The molecule has 0 saturated carbocycles. The van der Waals surface area contributed by atoms with E-state index in [9.17, 15) is 4.39 Å². The van der Waals surface area contributed by atoms with Gasteiger partial charge in [0.05, 0.1) is 0 Å². The van der Waals surface area contributed by atoms with Gasteiger partial charge in [-0.2, -0.15) is 0 Å². The van der Waals surface area contributed by atoms with Crippen LogP contribution in [0.25, 0.3) is 0 Å². The van der Waals surface area contributed by atoms with Crippen LogP contribution in [-0.2, 0) is 0 Å². The standard InChI is InChI=1S/C12H26FP/c1-4-5-6-7-8-11(13)12(14)9-10(2)3/h10-12H,4-9,14H2,1-3H3. The van der Waals surface area contributed by atoms with Crippen LogP contribution < -0.4 is 0 Å². The molecular weight excluding hydrogens is 194 g/mol. The monoisotopic (exact) mass is 220 g/mol. The van der Waals surface area contributed by atoms with E-state index in [4.69, 9.17) is 0 Å². The van der Waals surface area contributed by atoms with E-state index >= 15 is 0 Å². The predicted octanol–water partition coefficient (Wildman–Crippen LogP) is 4.58. The van der Waals surface area contributed by atoms with Gasteiger partial charge in [-0.25, -0.2) is 4.39 Å². The molecule has 0 aliphatic carbocycles. The largest absolute Gasteiger partial charge is 0.247 e. The van der Waals surface area contributed by atoms with Gasteiger partial charge in [0.1, 0.15) is 6.17 Å². The van der Waals surface area contributed by atoms with Gasteiger partial charge < -0.3 is 0 Å². The molecule has 0 nitrogen and oxygen atoms in total. The molecular formula is C12H26FP. The summed E-state index contributed by atoms with van der Waals surface area (Å²) >= 11 is 0. The zero-order valence-electron chi connectivity index (χ0n) is 9.93. The fourth-order valence-electron chi connectivity index (χ4n) is 1.67. The first-order valence-electron chi connectivity index (χ1n) is 5.97. The van der Waals surface area contributed by atoms with Crippen molar-refractivity contribution in [3.63, 3.8) is 0 Å². The Morgan fingerprint density at radius 1 is 1.14 bits per heavy atom. The SMILES string of the molecule is CCCCCCC(F)C(P)CC(C)C. The maximum absolute atomic E-state index is 13.6. The number of rotatable bonds is 8. The van der Waals surface area contributed by atoms with Crippen molar-refractivity contribution in [1.82, 2.24) is 0 Å². The zero-order valence-corrected chi connectivity index (χ0v) is 11.1. The van der Waals surface area contributed by atoms with Crippen LogP contribution in [-0.4, -0.2) is 11.8 Å². The third-order valence-corrected chi connectivity index (χ3v) is 3.23. The van der Waals surface area contributed by atoms with Gasteiger partial charge in [-0.1, -0.05) is 46.5 Å². The molecule has 0 saturated heterocycles. The van der Waals surface area contributed by atoms with Crippen molar-refractivity contribution in [2.24, 2.45) is 5.92 Å². The Kier molecular flexibility index (Phi) is 8.87. The predicted molar refractivity (Wildman–Crippen MR) is 66.6 cm³/mol. The maximum Gasteiger partial charge on any atom is 0.106 e. The summed E-state index contributed by atoms with van der Waals surface area (Å²) in [4.78, 5) is 0. The Hall–Kier alpha value is 0.360. The van der Waals surface area contributed by atoms with Gasteiger partial charge >= 0.3 is 0 Å².